The van der Waals surface area contributed by atoms with E-state index in [0.29, 0.717) is 11.1 Å². The number of rotatable bonds is 4. The van der Waals surface area contributed by atoms with E-state index in [9.17, 15) is 0 Å². The van der Waals surface area contributed by atoms with Crippen molar-refractivity contribution in [2.45, 2.75) is 57.1 Å². The summed E-state index contributed by atoms with van der Waals surface area (Å²) < 4.78 is 11.8. The van der Waals surface area contributed by atoms with Crippen LogP contribution >= 0.6 is 11.6 Å². The van der Waals surface area contributed by atoms with Gasteiger partial charge in [-0.1, -0.05) is 19.8 Å². The Morgan fingerprint density at radius 2 is 2.20 bits per heavy atom. The first-order valence-corrected chi connectivity index (χ1v) is 8.23. The van der Waals surface area contributed by atoms with Gasteiger partial charge in [-0.2, -0.15) is 0 Å². The maximum absolute atomic E-state index is 6.14. The van der Waals surface area contributed by atoms with Crippen LogP contribution in [0, 0.1) is 5.92 Å². The molecule has 1 N–H and O–H groups in total. The van der Waals surface area contributed by atoms with Crippen LogP contribution in [0.3, 0.4) is 0 Å². The summed E-state index contributed by atoms with van der Waals surface area (Å²) in [5.41, 5.74) is 0.146. The quantitative estimate of drug-likeness (QED) is 0.898. The monoisotopic (exact) mass is 297 g/mol. The third kappa shape index (κ3) is 2.90. The van der Waals surface area contributed by atoms with E-state index in [4.69, 9.17) is 20.8 Å². The molecule has 1 aliphatic heterocycles. The molecular formula is C16H24ClNO2. The highest BCUT2D eigenvalue weighted by Crippen LogP contribution is 2.45. The fourth-order valence-corrected chi connectivity index (χ4v) is 4.08. The van der Waals surface area contributed by atoms with E-state index in [0.717, 1.165) is 31.8 Å². The van der Waals surface area contributed by atoms with Crippen molar-refractivity contribution < 1.29 is 9.15 Å². The number of hydrogen-bond acceptors (Lipinski definition) is 3. The molecule has 112 valence electrons. The Bertz CT molecular complexity index is 439. The molecule has 1 saturated heterocycles. The van der Waals surface area contributed by atoms with Crippen LogP contribution in [0.25, 0.3) is 0 Å². The van der Waals surface area contributed by atoms with Gasteiger partial charge in [-0.15, -0.1) is 0 Å². The maximum atomic E-state index is 6.14. The fourth-order valence-electron chi connectivity index (χ4n) is 3.93. The first-order valence-electron chi connectivity index (χ1n) is 7.85. The van der Waals surface area contributed by atoms with Gasteiger partial charge in [-0.05, 0) is 61.9 Å². The van der Waals surface area contributed by atoms with Crippen LogP contribution in [0.2, 0.25) is 5.22 Å². The molecule has 0 bridgehead atoms. The Hall–Kier alpha value is -0.510. The molecule has 3 nitrogen and oxygen atoms in total. The Kier molecular flexibility index (Phi) is 4.39. The minimum absolute atomic E-state index is 0.146. The first kappa shape index (κ1) is 14.4. The molecule has 2 heterocycles. The van der Waals surface area contributed by atoms with Crippen molar-refractivity contribution in [1.29, 1.82) is 0 Å². The van der Waals surface area contributed by atoms with Crippen LogP contribution in [0.15, 0.2) is 16.5 Å². The van der Waals surface area contributed by atoms with Crippen LogP contribution in [-0.4, -0.2) is 18.8 Å². The van der Waals surface area contributed by atoms with Crippen LogP contribution in [0.1, 0.15) is 57.3 Å². The molecule has 20 heavy (non-hydrogen) atoms. The predicted octanol–water partition coefficient (Wildman–Crippen LogP) is 4.32. The van der Waals surface area contributed by atoms with E-state index in [-0.39, 0.29) is 11.6 Å². The highest BCUT2D eigenvalue weighted by molar-refractivity contribution is 6.28. The lowest BCUT2D eigenvalue weighted by atomic mass is 9.80. The zero-order chi connectivity index (χ0) is 14.0. The van der Waals surface area contributed by atoms with Gasteiger partial charge in [0.25, 0.3) is 0 Å². The zero-order valence-electron chi connectivity index (χ0n) is 12.2. The number of ether oxygens (including phenoxy) is 1. The van der Waals surface area contributed by atoms with Gasteiger partial charge in [0.15, 0.2) is 5.22 Å². The standard InChI is InChI=1S/C16H24ClNO2/c1-2-18-15(13-5-6-14(17)20-13)12-7-10-19-16(11-12)8-3-4-9-16/h5-6,12,15,18H,2-4,7-11H2,1H3. The molecule has 2 unspecified atom stereocenters. The molecule has 2 fully saturated rings. The molecular weight excluding hydrogens is 274 g/mol. The summed E-state index contributed by atoms with van der Waals surface area (Å²) in [4.78, 5) is 0. The molecule has 0 radical (unpaired) electrons. The van der Waals surface area contributed by atoms with E-state index < -0.39 is 0 Å². The fraction of sp³-hybridized carbons (Fsp3) is 0.750. The topological polar surface area (TPSA) is 34.4 Å². The van der Waals surface area contributed by atoms with Gasteiger partial charge >= 0.3 is 0 Å². The lowest BCUT2D eigenvalue weighted by Crippen LogP contribution is -2.41. The molecule has 1 aromatic rings. The van der Waals surface area contributed by atoms with Crippen molar-refractivity contribution in [2.75, 3.05) is 13.2 Å². The van der Waals surface area contributed by atoms with Gasteiger partial charge in [0.2, 0.25) is 0 Å². The van der Waals surface area contributed by atoms with Gasteiger partial charge in [0.1, 0.15) is 5.76 Å². The minimum atomic E-state index is 0.146. The molecule has 3 rings (SSSR count). The van der Waals surface area contributed by atoms with Crippen molar-refractivity contribution in [2.24, 2.45) is 5.92 Å². The molecule has 1 aliphatic carbocycles. The lowest BCUT2D eigenvalue weighted by molar-refractivity contribution is -0.0990. The van der Waals surface area contributed by atoms with Crippen LogP contribution < -0.4 is 5.32 Å². The molecule has 1 spiro atoms. The molecule has 2 aliphatic rings. The van der Waals surface area contributed by atoms with Gasteiger partial charge in [0.05, 0.1) is 11.6 Å². The molecule has 0 amide bonds. The van der Waals surface area contributed by atoms with E-state index in [2.05, 4.69) is 12.2 Å². The smallest absolute Gasteiger partial charge is 0.193 e. The second-order valence-electron chi connectivity index (χ2n) is 6.17. The summed E-state index contributed by atoms with van der Waals surface area (Å²) in [6.07, 6.45) is 7.31. The molecule has 1 aromatic heterocycles. The average Bonchev–Trinajstić information content (AvgIpc) is 3.06. The normalized spacial score (nSPS) is 27.0. The maximum Gasteiger partial charge on any atom is 0.193 e. The number of furan rings is 1. The summed E-state index contributed by atoms with van der Waals surface area (Å²) in [6, 6.07) is 4.10. The second-order valence-corrected chi connectivity index (χ2v) is 6.54. The van der Waals surface area contributed by atoms with Gasteiger partial charge < -0.3 is 14.5 Å². The van der Waals surface area contributed by atoms with Crippen LogP contribution in [0.4, 0.5) is 0 Å². The third-order valence-electron chi connectivity index (χ3n) is 4.84. The minimum Gasteiger partial charge on any atom is -0.448 e. The molecule has 4 heteroatoms. The van der Waals surface area contributed by atoms with E-state index in [1.807, 2.05) is 12.1 Å². The van der Waals surface area contributed by atoms with E-state index >= 15 is 0 Å². The summed E-state index contributed by atoms with van der Waals surface area (Å²) >= 11 is 5.95. The van der Waals surface area contributed by atoms with Crippen molar-refractivity contribution >= 4 is 11.6 Å². The van der Waals surface area contributed by atoms with Gasteiger partial charge in [-0.3, -0.25) is 0 Å². The van der Waals surface area contributed by atoms with Crippen LogP contribution in [0.5, 0.6) is 0 Å². The van der Waals surface area contributed by atoms with Gasteiger partial charge in [0, 0.05) is 6.61 Å². The van der Waals surface area contributed by atoms with E-state index in [1.54, 1.807) is 0 Å². The zero-order valence-corrected chi connectivity index (χ0v) is 12.9. The predicted molar refractivity (Wildman–Crippen MR) is 80.0 cm³/mol. The summed E-state index contributed by atoms with van der Waals surface area (Å²) in [7, 11) is 0. The highest BCUT2D eigenvalue weighted by atomic mass is 35.5. The van der Waals surface area contributed by atoms with Gasteiger partial charge in [-0.25, -0.2) is 0 Å². The van der Waals surface area contributed by atoms with Crippen molar-refractivity contribution in [3.63, 3.8) is 0 Å². The summed E-state index contributed by atoms with van der Waals surface area (Å²) in [6.45, 7) is 3.95. The molecule has 0 aromatic carbocycles. The third-order valence-corrected chi connectivity index (χ3v) is 5.04. The second kappa shape index (κ2) is 6.08. The Balaban J connectivity index is 1.76. The SMILES string of the molecule is CCNC(c1ccc(Cl)o1)C1CCOC2(CCCC2)C1. The number of nitrogens with one attached hydrogen (secondary N) is 1. The molecule has 1 saturated carbocycles. The summed E-state index contributed by atoms with van der Waals surface area (Å²) in [5.74, 6) is 1.54. The number of hydrogen-bond donors (Lipinski definition) is 1. The summed E-state index contributed by atoms with van der Waals surface area (Å²) in [5, 5.41) is 4.06. The molecule has 2 atom stereocenters. The van der Waals surface area contributed by atoms with Crippen molar-refractivity contribution in [3.8, 4) is 0 Å². The first-order chi connectivity index (χ1) is 9.72. The Morgan fingerprint density at radius 3 is 2.85 bits per heavy atom. The van der Waals surface area contributed by atoms with Crippen molar-refractivity contribution in [3.05, 3.63) is 23.1 Å². The lowest BCUT2D eigenvalue weighted by Gasteiger charge is -2.41. The Labute approximate surface area is 126 Å². The largest absolute Gasteiger partial charge is 0.448 e. The number of halogens is 1. The van der Waals surface area contributed by atoms with E-state index in [1.165, 1.54) is 25.7 Å². The Morgan fingerprint density at radius 1 is 1.40 bits per heavy atom. The highest BCUT2D eigenvalue weighted by Gasteiger charge is 2.42. The average molecular weight is 298 g/mol. The van der Waals surface area contributed by atoms with Crippen LogP contribution in [-0.2, 0) is 4.74 Å². The van der Waals surface area contributed by atoms with Crippen molar-refractivity contribution in [1.82, 2.24) is 5.32 Å².